The maximum absolute atomic E-state index is 15.5. The van der Waals surface area contributed by atoms with Gasteiger partial charge >= 0.3 is 6.18 Å². The van der Waals surface area contributed by atoms with Gasteiger partial charge in [-0.15, -0.1) is 0 Å². The van der Waals surface area contributed by atoms with Crippen LogP contribution in [0.4, 0.5) is 33.6 Å². The van der Waals surface area contributed by atoms with Crippen molar-refractivity contribution in [1.29, 1.82) is 0 Å². The number of benzene rings is 3. The van der Waals surface area contributed by atoms with Crippen LogP contribution in [0, 0.1) is 17.0 Å². The van der Waals surface area contributed by atoms with Gasteiger partial charge in [-0.25, -0.2) is 27.2 Å². The summed E-state index contributed by atoms with van der Waals surface area (Å²) in [5.74, 6) is -2.63. The molecule has 0 aliphatic heterocycles. The molecule has 0 aliphatic rings. The van der Waals surface area contributed by atoms with Crippen LogP contribution in [0.5, 0.6) is 0 Å². The molecule has 0 saturated carbocycles. The van der Waals surface area contributed by atoms with Gasteiger partial charge in [0.2, 0.25) is 11.9 Å². The first-order valence-electron chi connectivity index (χ1n) is 11.4. The molecule has 0 aliphatic carbocycles. The van der Waals surface area contributed by atoms with Crippen molar-refractivity contribution in [2.75, 3.05) is 10.0 Å². The number of nitrogens with one attached hydrogen (secondary N) is 2. The van der Waals surface area contributed by atoms with Gasteiger partial charge in [0.25, 0.3) is 10.0 Å². The summed E-state index contributed by atoms with van der Waals surface area (Å²) in [6, 6.07) is 7.38. The third kappa shape index (κ3) is 6.15. The fourth-order valence-corrected chi connectivity index (χ4v) is 4.95. The zero-order valence-electron chi connectivity index (χ0n) is 21.0. The number of hydrogen-bond donors (Lipinski definition) is 2. The molecular formula is C26H20ClF5N4O3S. The Labute approximate surface area is 230 Å². The molecule has 1 amide bonds. The zero-order valence-corrected chi connectivity index (χ0v) is 22.6. The number of aromatic nitrogens is 2. The molecule has 7 nitrogen and oxygen atoms in total. The van der Waals surface area contributed by atoms with E-state index in [2.05, 4.69) is 15.3 Å². The lowest BCUT2D eigenvalue weighted by atomic mass is 9.96. The van der Waals surface area contributed by atoms with Crippen LogP contribution in [0.1, 0.15) is 26.3 Å². The molecule has 0 fully saturated rings. The van der Waals surface area contributed by atoms with E-state index >= 15 is 4.39 Å². The van der Waals surface area contributed by atoms with Crippen molar-refractivity contribution in [1.82, 2.24) is 9.97 Å². The van der Waals surface area contributed by atoms with Gasteiger partial charge in [0.05, 0.1) is 27.2 Å². The van der Waals surface area contributed by atoms with Crippen molar-refractivity contribution in [3.05, 3.63) is 76.9 Å². The van der Waals surface area contributed by atoms with Crippen molar-refractivity contribution >= 4 is 50.1 Å². The molecule has 14 heteroatoms. The monoisotopic (exact) mass is 598 g/mol. The van der Waals surface area contributed by atoms with Gasteiger partial charge in [0, 0.05) is 22.0 Å². The molecule has 0 atom stereocenters. The number of amides is 1. The highest BCUT2D eigenvalue weighted by Crippen LogP contribution is 2.36. The molecule has 2 N–H and O–H groups in total. The average Bonchev–Trinajstić information content (AvgIpc) is 2.84. The maximum atomic E-state index is 15.5. The SMILES string of the molecule is CC(C)(C)C(=O)Nc1ncc2cc(-c3c(F)ccc(NS(=O)(=O)c4cc(Cl)cc(C(F)(F)F)c4)c3F)ccc2n1. The highest BCUT2D eigenvalue weighted by Gasteiger charge is 2.33. The number of anilines is 2. The van der Waals surface area contributed by atoms with Crippen molar-refractivity contribution in [3.8, 4) is 11.1 Å². The second kappa shape index (κ2) is 10.3. The molecule has 1 heterocycles. The van der Waals surface area contributed by atoms with E-state index in [-0.39, 0.29) is 17.4 Å². The molecule has 0 unspecified atom stereocenters. The Morgan fingerprint density at radius 1 is 0.975 bits per heavy atom. The number of carbonyl (C=O) groups excluding carboxylic acids is 1. The van der Waals surface area contributed by atoms with Crippen LogP contribution < -0.4 is 10.0 Å². The van der Waals surface area contributed by atoms with Crippen LogP contribution in [0.3, 0.4) is 0 Å². The lowest BCUT2D eigenvalue weighted by Crippen LogP contribution is -2.28. The average molecular weight is 599 g/mol. The number of sulfonamides is 1. The van der Waals surface area contributed by atoms with Crippen LogP contribution >= 0.6 is 11.6 Å². The minimum absolute atomic E-state index is 0.000684. The van der Waals surface area contributed by atoms with E-state index in [0.29, 0.717) is 23.0 Å². The smallest absolute Gasteiger partial charge is 0.294 e. The minimum atomic E-state index is -4.89. The molecular weight excluding hydrogens is 579 g/mol. The van der Waals surface area contributed by atoms with Gasteiger partial charge in [0.1, 0.15) is 5.82 Å². The molecule has 1 aromatic heterocycles. The molecule has 4 rings (SSSR count). The highest BCUT2D eigenvalue weighted by molar-refractivity contribution is 7.92. The summed E-state index contributed by atoms with van der Waals surface area (Å²) in [5, 5.41) is 2.43. The van der Waals surface area contributed by atoms with Crippen molar-refractivity contribution in [2.24, 2.45) is 5.41 Å². The molecule has 40 heavy (non-hydrogen) atoms. The largest absolute Gasteiger partial charge is 0.416 e. The summed E-state index contributed by atoms with van der Waals surface area (Å²) in [6.07, 6.45) is -3.55. The summed E-state index contributed by atoms with van der Waals surface area (Å²) in [5.41, 5.74) is -2.98. The normalized spacial score (nSPS) is 12.4. The summed E-state index contributed by atoms with van der Waals surface area (Å²) in [6.45, 7) is 5.13. The van der Waals surface area contributed by atoms with Gasteiger partial charge in [-0.1, -0.05) is 38.4 Å². The molecule has 0 saturated heterocycles. The Balaban J connectivity index is 1.69. The van der Waals surface area contributed by atoms with Crippen LogP contribution in [0.15, 0.2) is 59.6 Å². The van der Waals surface area contributed by atoms with E-state index in [1.807, 2.05) is 4.72 Å². The Kier molecular flexibility index (Phi) is 7.50. The van der Waals surface area contributed by atoms with Gasteiger partial charge in [0.15, 0.2) is 5.82 Å². The van der Waals surface area contributed by atoms with Crippen LogP contribution in [-0.2, 0) is 21.0 Å². The van der Waals surface area contributed by atoms with Gasteiger partial charge in [-0.3, -0.25) is 14.8 Å². The predicted molar refractivity (Wildman–Crippen MR) is 140 cm³/mol. The van der Waals surface area contributed by atoms with E-state index in [4.69, 9.17) is 11.6 Å². The van der Waals surface area contributed by atoms with Crippen molar-refractivity contribution in [2.45, 2.75) is 31.8 Å². The van der Waals surface area contributed by atoms with Crippen molar-refractivity contribution in [3.63, 3.8) is 0 Å². The lowest BCUT2D eigenvalue weighted by Gasteiger charge is -2.16. The fourth-order valence-electron chi connectivity index (χ4n) is 3.52. The summed E-state index contributed by atoms with van der Waals surface area (Å²) in [4.78, 5) is 19.6. The number of carbonyl (C=O) groups is 1. The molecule has 0 bridgehead atoms. The Bertz CT molecular complexity index is 1760. The number of nitrogens with zero attached hydrogens (tertiary/aromatic N) is 2. The molecule has 0 radical (unpaired) electrons. The predicted octanol–water partition coefficient (Wildman–Crippen LogP) is 7.03. The van der Waals surface area contributed by atoms with E-state index in [1.165, 1.54) is 24.4 Å². The third-order valence-corrected chi connectivity index (χ3v) is 7.18. The summed E-state index contributed by atoms with van der Waals surface area (Å²) < 4.78 is 97.2. The molecule has 4 aromatic rings. The van der Waals surface area contributed by atoms with E-state index in [0.717, 1.165) is 18.2 Å². The van der Waals surface area contributed by atoms with Crippen LogP contribution in [0.2, 0.25) is 5.02 Å². The number of fused-ring (bicyclic) bond motifs is 1. The number of alkyl halides is 3. The van der Waals surface area contributed by atoms with Crippen LogP contribution in [0.25, 0.3) is 22.0 Å². The number of hydrogen-bond acceptors (Lipinski definition) is 5. The molecule has 0 spiro atoms. The molecule has 210 valence electrons. The summed E-state index contributed by atoms with van der Waals surface area (Å²) in [7, 11) is -4.76. The topological polar surface area (TPSA) is 101 Å². The zero-order chi connectivity index (χ0) is 29.6. The Morgan fingerprint density at radius 3 is 2.33 bits per heavy atom. The minimum Gasteiger partial charge on any atom is -0.294 e. The Hall–Kier alpha value is -3.84. The van der Waals surface area contributed by atoms with E-state index < -0.39 is 60.0 Å². The molecule has 3 aromatic carbocycles. The third-order valence-electron chi connectivity index (χ3n) is 5.62. The highest BCUT2D eigenvalue weighted by atomic mass is 35.5. The maximum Gasteiger partial charge on any atom is 0.416 e. The van der Waals surface area contributed by atoms with Crippen LogP contribution in [-0.4, -0.2) is 24.3 Å². The van der Waals surface area contributed by atoms with Gasteiger partial charge in [-0.05, 0) is 48.0 Å². The Morgan fingerprint density at radius 2 is 1.68 bits per heavy atom. The summed E-state index contributed by atoms with van der Waals surface area (Å²) >= 11 is 5.68. The second-order valence-corrected chi connectivity index (χ2v) is 11.9. The lowest BCUT2D eigenvalue weighted by molar-refractivity contribution is -0.137. The number of halogens is 6. The van der Waals surface area contributed by atoms with Gasteiger partial charge < -0.3 is 0 Å². The first kappa shape index (κ1) is 29.2. The van der Waals surface area contributed by atoms with E-state index in [9.17, 15) is 30.8 Å². The number of rotatable bonds is 5. The quantitative estimate of drug-likeness (QED) is 0.240. The standard InChI is InChI=1S/C26H20ClF5N4O3S/c1-25(2,3)23(37)35-24-33-12-14-8-13(4-6-19(14)34-24)21-18(28)5-7-20(22(21)29)36-40(38,39)17-10-15(26(30,31)32)9-16(27)11-17/h4-12,36H,1-3H3,(H,33,34,35,37). The fraction of sp³-hybridized carbons (Fsp3) is 0.192. The van der Waals surface area contributed by atoms with Crippen molar-refractivity contribution < 1.29 is 35.2 Å². The second-order valence-electron chi connectivity index (χ2n) is 9.73. The first-order chi connectivity index (χ1) is 18.5. The first-order valence-corrected chi connectivity index (χ1v) is 13.3. The van der Waals surface area contributed by atoms with Gasteiger partial charge in [-0.2, -0.15) is 13.2 Å². The van der Waals surface area contributed by atoms with E-state index in [1.54, 1.807) is 20.8 Å².